The second kappa shape index (κ2) is 8.22. The van der Waals surface area contributed by atoms with E-state index in [1.807, 2.05) is 32.9 Å². The fourth-order valence-corrected chi connectivity index (χ4v) is 2.27. The molecule has 0 saturated heterocycles. The van der Waals surface area contributed by atoms with E-state index in [-0.39, 0.29) is 18.2 Å². The molecule has 22 heavy (non-hydrogen) atoms. The van der Waals surface area contributed by atoms with Gasteiger partial charge >= 0.3 is 6.09 Å². The predicted molar refractivity (Wildman–Crippen MR) is 87.7 cm³/mol. The van der Waals surface area contributed by atoms with Crippen LogP contribution in [0.25, 0.3) is 0 Å². The van der Waals surface area contributed by atoms with E-state index in [4.69, 9.17) is 9.15 Å². The number of nitrogens with one attached hydrogen (secondary N) is 2. The summed E-state index contributed by atoms with van der Waals surface area (Å²) >= 11 is 0. The van der Waals surface area contributed by atoms with E-state index in [1.54, 1.807) is 6.26 Å². The van der Waals surface area contributed by atoms with Crippen molar-refractivity contribution < 1.29 is 13.9 Å². The molecule has 0 spiro atoms. The zero-order valence-corrected chi connectivity index (χ0v) is 14.6. The molecule has 0 aliphatic carbocycles. The van der Waals surface area contributed by atoms with E-state index in [0.717, 1.165) is 12.2 Å². The molecule has 126 valence electrons. The van der Waals surface area contributed by atoms with Crippen molar-refractivity contribution in [2.45, 2.75) is 65.6 Å². The Morgan fingerprint density at radius 2 is 2.00 bits per heavy atom. The molecule has 0 saturated carbocycles. The third kappa shape index (κ3) is 7.50. The summed E-state index contributed by atoms with van der Waals surface area (Å²) in [4.78, 5) is 11.8. The van der Waals surface area contributed by atoms with Crippen molar-refractivity contribution in [3.63, 3.8) is 0 Å². The minimum absolute atomic E-state index is 0.0965. The highest BCUT2D eigenvalue weighted by Crippen LogP contribution is 2.15. The van der Waals surface area contributed by atoms with Crippen LogP contribution in [0.4, 0.5) is 4.79 Å². The largest absolute Gasteiger partial charge is 0.468 e. The Labute approximate surface area is 133 Å². The standard InChI is InChI=1S/C17H30N2O3/c1-12(2)10-14(11-18-16(20)22-17(4,5)6)19-13(3)15-8-7-9-21-15/h7-9,12-14,19H,10-11H2,1-6H3,(H,18,20). The SMILES string of the molecule is CC(C)CC(CNC(=O)OC(C)(C)C)NC(C)c1ccco1. The van der Waals surface area contributed by atoms with Gasteiger partial charge in [0, 0.05) is 12.6 Å². The quantitative estimate of drug-likeness (QED) is 0.802. The van der Waals surface area contributed by atoms with Gasteiger partial charge in [0.15, 0.2) is 0 Å². The smallest absolute Gasteiger partial charge is 0.407 e. The highest BCUT2D eigenvalue weighted by molar-refractivity contribution is 5.67. The summed E-state index contributed by atoms with van der Waals surface area (Å²) in [6.07, 6.45) is 2.25. The predicted octanol–water partition coefficient (Wildman–Crippen LogP) is 3.87. The van der Waals surface area contributed by atoms with Crippen molar-refractivity contribution >= 4 is 6.09 Å². The molecule has 1 aromatic rings. The Balaban J connectivity index is 2.52. The van der Waals surface area contributed by atoms with Gasteiger partial charge in [0.2, 0.25) is 0 Å². The summed E-state index contributed by atoms with van der Waals surface area (Å²) in [5.74, 6) is 1.42. The number of amides is 1. The molecule has 1 aromatic heterocycles. The summed E-state index contributed by atoms with van der Waals surface area (Å²) in [6.45, 7) is 12.5. The fraction of sp³-hybridized carbons (Fsp3) is 0.706. The first-order valence-corrected chi connectivity index (χ1v) is 7.93. The molecule has 1 amide bonds. The summed E-state index contributed by atoms with van der Waals surface area (Å²) in [5.41, 5.74) is -0.480. The van der Waals surface area contributed by atoms with Crippen LogP contribution in [0.15, 0.2) is 22.8 Å². The summed E-state index contributed by atoms with van der Waals surface area (Å²) in [6, 6.07) is 4.08. The highest BCUT2D eigenvalue weighted by Gasteiger charge is 2.20. The molecule has 0 aromatic carbocycles. The van der Waals surface area contributed by atoms with Crippen LogP contribution in [0.5, 0.6) is 0 Å². The van der Waals surface area contributed by atoms with Crippen molar-refractivity contribution in [1.29, 1.82) is 0 Å². The molecule has 0 radical (unpaired) electrons. The van der Waals surface area contributed by atoms with Crippen molar-refractivity contribution in [3.8, 4) is 0 Å². The summed E-state index contributed by atoms with van der Waals surface area (Å²) in [5, 5.41) is 6.35. The molecule has 2 atom stereocenters. The van der Waals surface area contributed by atoms with Crippen molar-refractivity contribution in [1.82, 2.24) is 10.6 Å². The molecular weight excluding hydrogens is 280 g/mol. The Bertz CT molecular complexity index is 435. The van der Waals surface area contributed by atoms with E-state index >= 15 is 0 Å². The van der Waals surface area contributed by atoms with Crippen molar-refractivity contribution in [2.24, 2.45) is 5.92 Å². The van der Waals surface area contributed by atoms with E-state index in [2.05, 4.69) is 31.4 Å². The molecule has 1 heterocycles. The van der Waals surface area contributed by atoms with Crippen LogP contribution in [-0.4, -0.2) is 24.3 Å². The molecule has 2 N–H and O–H groups in total. The Hall–Kier alpha value is -1.49. The van der Waals surface area contributed by atoms with E-state index < -0.39 is 5.60 Å². The zero-order chi connectivity index (χ0) is 16.8. The number of carbonyl (C=O) groups is 1. The fourth-order valence-electron chi connectivity index (χ4n) is 2.27. The second-order valence-electron chi connectivity index (χ2n) is 7.11. The van der Waals surface area contributed by atoms with Crippen LogP contribution in [0, 0.1) is 5.92 Å². The van der Waals surface area contributed by atoms with Gasteiger partial charge in [0.25, 0.3) is 0 Å². The topological polar surface area (TPSA) is 63.5 Å². The number of alkyl carbamates (subject to hydrolysis) is 1. The minimum atomic E-state index is -0.480. The Morgan fingerprint density at radius 3 is 2.50 bits per heavy atom. The van der Waals surface area contributed by atoms with Crippen LogP contribution in [0.1, 0.15) is 59.8 Å². The van der Waals surface area contributed by atoms with Gasteiger partial charge in [0.05, 0.1) is 12.3 Å². The monoisotopic (exact) mass is 310 g/mol. The van der Waals surface area contributed by atoms with Crippen molar-refractivity contribution in [3.05, 3.63) is 24.2 Å². The van der Waals surface area contributed by atoms with Crippen LogP contribution in [-0.2, 0) is 4.74 Å². The molecule has 2 unspecified atom stereocenters. The number of hydrogen-bond donors (Lipinski definition) is 2. The minimum Gasteiger partial charge on any atom is -0.468 e. The molecule has 0 aliphatic rings. The lowest BCUT2D eigenvalue weighted by atomic mass is 10.0. The van der Waals surface area contributed by atoms with Gasteiger partial charge in [-0.25, -0.2) is 4.79 Å². The maximum atomic E-state index is 11.8. The first-order valence-electron chi connectivity index (χ1n) is 7.93. The molecule has 5 heteroatoms. The molecular formula is C17H30N2O3. The van der Waals surface area contributed by atoms with Gasteiger partial charge in [-0.3, -0.25) is 0 Å². The normalized spacial score (nSPS) is 14.7. The van der Waals surface area contributed by atoms with E-state index in [1.165, 1.54) is 0 Å². The maximum Gasteiger partial charge on any atom is 0.407 e. The average Bonchev–Trinajstić information content (AvgIpc) is 2.86. The Morgan fingerprint density at radius 1 is 1.32 bits per heavy atom. The first-order chi connectivity index (χ1) is 10.2. The van der Waals surface area contributed by atoms with E-state index in [0.29, 0.717) is 12.5 Å². The van der Waals surface area contributed by atoms with Gasteiger partial charge in [-0.05, 0) is 52.2 Å². The van der Waals surface area contributed by atoms with Gasteiger partial charge in [-0.2, -0.15) is 0 Å². The lowest BCUT2D eigenvalue weighted by molar-refractivity contribution is 0.0520. The molecule has 1 rings (SSSR count). The van der Waals surface area contributed by atoms with Gasteiger partial charge in [-0.1, -0.05) is 13.8 Å². The van der Waals surface area contributed by atoms with Gasteiger partial charge < -0.3 is 19.8 Å². The second-order valence-corrected chi connectivity index (χ2v) is 7.11. The van der Waals surface area contributed by atoms with Gasteiger partial charge in [0.1, 0.15) is 11.4 Å². The average molecular weight is 310 g/mol. The molecule has 0 fully saturated rings. The number of carbonyl (C=O) groups excluding carboxylic acids is 1. The van der Waals surface area contributed by atoms with Crippen LogP contribution >= 0.6 is 0 Å². The maximum absolute atomic E-state index is 11.8. The number of rotatable bonds is 7. The number of ether oxygens (including phenoxy) is 1. The first kappa shape index (κ1) is 18.6. The van der Waals surface area contributed by atoms with Crippen LogP contribution in [0.3, 0.4) is 0 Å². The van der Waals surface area contributed by atoms with Gasteiger partial charge in [-0.15, -0.1) is 0 Å². The number of furan rings is 1. The summed E-state index contributed by atoms with van der Waals surface area (Å²) < 4.78 is 10.7. The Kier molecular flexibility index (Phi) is 6.94. The van der Waals surface area contributed by atoms with Crippen LogP contribution in [0.2, 0.25) is 0 Å². The molecule has 5 nitrogen and oxygen atoms in total. The lowest BCUT2D eigenvalue weighted by Gasteiger charge is -2.25. The third-order valence-corrected chi connectivity index (χ3v) is 3.10. The highest BCUT2D eigenvalue weighted by atomic mass is 16.6. The molecule has 0 bridgehead atoms. The van der Waals surface area contributed by atoms with E-state index in [9.17, 15) is 4.79 Å². The lowest BCUT2D eigenvalue weighted by Crippen LogP contribution is -2.44. The van der Waals surface area contributed by atoms with Crippen molar-refractivity contribution in [2.75, 3.05) is 6.54 Å². The van der Waals surface area contributed by atoms with Crippen LogP contribution < -0.4 is 10.6 Å². The summed E-state index contributed by atoms with van der Waals surface area (Å²) in [7, 11) is 0. The molecule has 0 aliphatic heterocycles. The number of hydrogen-bond acceptors (Lipinski definition) is 4. The third-order valence-electron chi connectivity index (χ3n) is 3.10. The zero-order valence-electron chi connectivity index (χ0n) is 14.6.